The highest BCUT2D eigenvalue weighted by molar-refractivity contribution is 9.11. The van der Waals surface area contributed by atoms with Crippen LogP contribution < -0.4 is 10.6 Å². The van der Waals surface area contributed by atoms with E-state index in [1.165, 1.54) is 18.5 Å². The van der Waals surface area contributed by atoms with Gasteiger partial charge in [0.05, 0.1) is 5.69 Å². The maximum Gasteiger partial charge on any atom is 0.150 e. The summed E-state index contributed by atoms with van der Waals surface area (Å²) < 4.78 is 14.6. The van der Waals surface area contributed by atoms with Crippen molar-refractivity contribution in [3.8, 4) is 0 Å². The molecule has 1 aromatic heterocycles. The molecule has 2 aromatic rings. The summed E-state index contributed by atoms with van der Waals surface area (Å²) >= 11 is 6.73. The molecule has 0 atom stereocenters. The van der Waals surface area contributed by atoms with Crippen molar-refractivity contribution in [2.75, 3.05) is 17.7 Å². The van der Waals surface area contributed by atoms with E-state index < -0.39 is 0 Å². The van der Waals surface area contributed by atoms with Crippen LogP contribution in [0.5, 0.6) is 0 Å². The molecule has 4 nitrogen and oxygen atoms in total. The van der Waals surface area contributed by atoms with Crippen molar-refractivity contribution in [3.05, 3.63) is 39.3 Å². The summed E-state index contributed by atoms with van der Waals surface area (Å²) in [6.07, 6.45) is 1.42. The molecule has 0 unspecified atom stereocenters. The van der Waals surface area contributed by atoms with E-state index in [9.17, 15) is 4.39 Å². The predicted octanol–water partition coefficient (Wildman–Crippen LogP) is 3.93. The molecular formula is C11H9Br2FN4. The van der Waals surface area contributed by atoms with Crippen LogP contribution in [0.2, 0.25) is 0 Å². The largest absolute Gasteiger partial charge is 0.372 e. The maximum atomic E-state index is 13.2. The van der Waals surface area contributed by atoms with Gasteiger partial charge in [0.25, 0.3) is 0 Å². The monoisotopic (exact) mass is 374 g/mol. The summed E-state index contributed by atoms with van der Waals surface area (Å²) in [7, 11) is 1.76. The number of rotatable bonds is 3. The molecule has 0 amide bonds. The summed E-state index contributed by atoms with van der Waals surface area (Å²) in [5, 5.41) is 5.95. The molecular weight excluding hydrogens is 367 g/mol. The van der Waals surface area contributed by atoms with Crippen molar-refractivity contribution in [1.29, 1.82) is 0 Å². The fraction of sp³-hybridized carbons (Fsp3) is 0.0909. The molecule has 18 heavy (non-hydrogen) atoms. The van der Waals surface area contributed by atoms with E-state index in [2.05, 4.69) is 52.5 Å². The molecule has 1 heterocycles. The standard InChI is InChI=1S/C11H9Br2FN4/c1-15-10-9(13)11(17-5-16-10)18-8-4-6(14)2-3-7(8)12/h2-5H,1H3,(H2,15,16,17,18). The Labute approximate surface area is 120 Å². The number of aromatic nitrogens is 2. The van der Waals surface area contributed by atoms with Crippen molar-refractivity contribution in [2.24, 2.45) is 0 Å². The van der Waals surface area contributed by atoms with Gasteiger partial charge in [0.2, 0.25) is 0 Å². The second-order valence-corrected chi connectivity index (χ2v) is 5.03. The van der Waals surface area contributed by atoms with Gasteiger partial charge in [-0.25, -0.2) is 14.4 Å². The highest BCUT2D eigenvalue weighted by Crippen LogP contribution is 2.31. The molecule has 0 aliphatic carbocycles. The highest BCUT2D eigenvalue weighted by atomic mass is 79.9. The lowest BCUT2D eigenvalue weighted by Crippen LogP contribution is -2.01. The number of nitrogens with zero attached hydrogens (tertiary/aromatic N) is 2. The topological polar surface area (TPSA) is 49.8 Å². The van der Waals surface area contributed by atoms with Crippen LogP contribution in [0.3, 0.4) is 0 Å². The quantitative estimate of drug-likeness (QED) is 0.853. The SMILES string of the molecule is CNc1ncnc(Nc2cc(F)ccc2Br)c1Br. The predicted molar refractivity (Wildman–Crippen MR) is 76.7 cm³/mol. The first-order chi connectivity index (χ1) is 8.61. The zero-order chi connectivity index (χ0) is 13.1. The van der Waals surface area contributed by atoms with Crippen LogP contribution in [0.25, 0.3) is 0 Å². The second-order valence-electron chi connectivity index (χ2n) is 3.38. The molecule has 0 radical (unpaired) electrons. The van der Waals surface area contributed by atoms with E-state index in [4.69, 9.17) is 0 Å². The lowest BCUT2D eigenvalue weighted by molar-refractivity contribution is 0.628. The van der Waals surface area contributed by atoms with Crippen LogP contribution in [-0.4, -0.2) is 17.0 Å². The van der Waals surface area contributed by atoms with Crippen molar-refractivity contribution in [3.63, 3.8) is 0 Å². The Morgan fingerprint density at radius 3 is 2.61 bits per heavy atom. The minimum Gasteiger partial charge on any atom is -0.372 e. The second kappa shape index (κ2) is 5.62. The first-order valence-electron chi connectivity index (χ1n) is 5.02. The lowest BCUT2D eigenvalue weighted by atomic mass is 10.3. The van der Waals surface area contributed by atoms with E-state index in [1.54, 1.807) is 13.1 Å². The minimum absolute atomic E-state index is 0.320. The number of benzene rings is 1. The Morgan fingerprint density at radius 2 is 1.89 bits per heavy atom. The summed E-state index contributed by atoms with van der Waals surface area (Å²) in [6, 6.07) is 4.40. The van der Waals surface area contributed by atoms with Crippen LogP contribution in [0.15, 0.2) is 33.5 Å². The zero-order valence-corrected chi connectivity index (χ0v) is 12.5. The fourth-order valence-electron chi connectivity index (χ4n) is 1.35. The van der Waals surface area contributed by atoms with Gasteiger partial charge < -0.3 is 10.6 Å². The van der Waals surface area contributed by atoms with Crippen LogP contribution in [0.4, 0.5) is 21.7 Å². The Kier molecular flexibility index (Phi) is 4.13. The maximum absolute atomic E-state index is 13.2. The first kappa shape index (κ1) is 13.2. The number of hydrogen-bond donors (Lipinski definition) is 2. The van der Waals surface area contributed by atoms with Gasteiger partial charge in [0, 0.05) is 11.5 Å². The molecule has 0 bridgehead atoms. The molecule has 2 rings (SSSR count). The fourth-order valence-corrected chi connectivity index (χ4v) is 2.20. The Morgan fingerprint density at radius 1 is 1.17 bits per heavy atom. The van der Waals surface area contributed by atoms with Crippen molar-refractivity contribution < 1.29 is 4.39 Å². The van der Waals surface area contributed by atoms with E-state index >= 15 is 0 Å². The van der Waals surface area contributed by atoms with Crippen LogP contribution in [-0.2, 0) is 0 Å². The van der Waals surface area contributed by atoms with Crippen molar-refractivity contribution >= 4 is 49.2 Å². The van der Waals surface area contributed by atoms with Gasteiger partial charge in [-0.1, -0.05) is 0 Å². The summed E-state index contributed by atoms with van der Waals surface area (Å²) in [4.78, 5) is 8.14. The molecule has 1 aromatic carbocycles. The van der Waals surface area contributed by atoms with Crippen molar-refractivity contribution in [2.45, 2.75) is 0 Å². The average Bonchev–Trinajstić information content (AvgIpc) is 2.36. The summed E-state index contributed by atoms with van der Waals surface area (Å²) in [6.45, 7) is 0. The molecule has 2 N–H and O–H groups in total. The molecule has 7 heteroatoms. The Hall–Kier alpha value is -1.21. The van der Waals surface area contributed by atoms with Gasteiger partial charge in [0.1, 0.15) is 28.3 Å². The van der Waals surface area contributed by atoms with Gasteiger partial charge in [-0.15, -0.1) is 0 Å². The number of anilines is 3. The van der Waals surface area contributed by atoms with Gasteiger partial charge in [-0.3, -0.25) is 0 Å². The third-order valence-electron chi connectivity index (χ3n) is 2.21. The van der Waals surface area contributed by atoms with Gasteiger partial charge >= 0.3 is 0 Å². The molecule has 0 spiro atoms. The average molecular weight is 376 g/mol. The molecule has 0 aliphatic heterocycles. The first-order valence-corrected chi connectivity index (χ1v) is 6.60. The molecule has 0 saturated heterocycles. The van der Waals surface area contributed by atoms with E-state index in [0.29, 0.717) is 21.8 Å². The number of hydrogen-bond acceptors (Lipinski definition) is 4. The normalized spacial score (nSPS) is 10.2. The van der Waals surface area contributed by atoms with Gasteiger partial charge in [0.15, 0.2) is 0 Å². The smallest absolute Gasteiger partial charge is 0.150 e. The van der Waals surface area contributed by atoms with Crippen LogP contribution in [0, 0.1) is 5.82 Å². The Bertz CT molecular complexity index is 577. The lowest BCUT2D eigenvalue weighted by Gasteiger charge is -2.11. The van der Waals surface area contributed by atoms with Gasteiger partial charge in [-0.05, 0) is 50.1 Å². The van der Waals surface area contributed by atoms with E-state index in [-0.39, 0.29) is 5.82 Å². The van der Waals surface area contributed by atoms with Crippen molar-refractivity contribution in [1.82, 2.24) is 9.97 Å². The van der Waals surface area contributed by atoms with E-state index in [0.717, 1.165) is 4.47 Å². The van der Waals surface area contributed by atoms with E-state index in [1.807, 2.05) is 0 Å². The number of nitrogens with one attached hydrogen (secondary N) is 2. The number of halogens is 3. The zero-order valence-electron chi connectivity index (χ0n) is 9.34. The molecule has 0 aliphatic rings. The molecule has 94 valence electrons. The Balaban J connectivity index is 2.37. The van der Waals surface area contributed by atoms with Crippen LogP contribution in [0.1, 0.15) is 0 Å². The highest BCUT2D eigenvalue weighted by Gasteiger charge is 2.09. The minimum atomic E-state index is -0.320. The third kappa shape index (κ3) is 2.78. The molecule has 0 saturated carbocycles. The molecule has 0 fully saturated rings. The van der Waals surface area contributed by atoms with Gasteiger partial charge in [-0.2, -0.15) is 0 Å². The third-order valence-corrected chi connectivity index (χ3v) is 3.65. The summed E-state index contributed by atoms with van der Waals surface area (Å²) in [5.74, 6) is 0.889. The van der Waals surface area contributed by atoms with Crippen LogP contribution >= 0.6 is 31.9 Å². The summed E-state index contributed by atoms with van der Waals surface area (Å²) in [5.41, 5.74) is 0.594.